The van der Waals surface area contributed by atoms with Crippen LogP contribution in [0.1, 0.15) is 24.8 Å². The van der Waals surface area contributed by atoms with E-state index in [0.29, 0.717) is 13.2 Å². The van der Waals surface area contributed by atoms with Crippen molar-refractivity contribution in [3.05, 3.63) is 29.8 Å². The summed E-state index contributed by atoms with van der Waals surface area (Å²) < 4.78 is 5.42. The monoisotopic (exact) mass is 270 g/mol. The van der Waals surface area contributed by atoms with Crippen molar-refractivity contribution >= 4 is 24.0 Å². The van der Waals surface area contributed by atoms with Gasteiger partial charge in [-0.1, -0.05) is 12.1 Å². The summed E-state index contributed by atoms with van der Waals surface area (Å²) in [6, 6.07) is 7.56. The van der Waals surface area contributed by atoms with Crippen molar-refractivity contribution in [2.24, 2.45) is 5.73 Å². The molecule has 3 N–H and O–H groups in total. The van der Waals surface area contributed by atoms with Gasteiger partial charge in [0.2, 0.25) is 0 Å². The molecule has 0 saturated carbocycles. The number of amides is 1. The van der Waals surface area contributed by atoms with Crippen molar-refractivity contribution in [1.82, 2.24) is 0 Å². The molecule has 4 nitrogen and oxygen atoms in total. The Morgan fingerprint density at radius 2 is 2.06 bits per heavy atom. The lowest BCUT2D eigenvalue weighted by Gasteiger charge is -2.21. The Balaban J connectivity index is 0.00000162. The van der Waals surface area contributed by atoms with Gasteiger partial charge in [0.05, 0.1) is 0 Å². The third-order valence-corrected chi connectivity index (χ3v) is 2.93. The van der Waals surface area contributed by atoms with Gasteiger partial charge in [-0.2, -0.15) is 0 Å². The van der Waals surface area contributed by atoms with Gasteiger partial charge in [-0.3, -0.25) is 4.79 Å². The summed E-state index contributed by atoms with van der Waals surface area (Å²) in [6.45, 7) is 1.20. The van der Waals surface area contributed by atoms with Crippen LogP contribution < -0.4 is 11.1 Å². The summed E-state index contributed by atoms with van der Waals surface area (Å²) in [6.07, 6.45) is 2.63. The Kier molecular flexibility index (Phi) is 6.12. The molecule has 1 fully saturated rings. The molecule has 0 aromatic heterocycles. The van der Waals surface area contributed by atoms with Crippen molar-refractivity contribution in [2.75, 3.05) is 11.9 Å². The third-order valence-electron chi connectivity index (χ3n) is 2.93. The fraction of sp³-hybridized carbons (Fsp3) is 0.462. The molecule has 18 heavy (non-hydrogen) atoms. The topological polar surface area (TPSA) is 64.3 Å². The SMILES string of the molecule is Cl.NCc1ccc(NC(=O)C2CCCCO2)cc1. The minimum absolute atomic E-state index is 0. The third kappa shape index (κ3) is 3.98. The van der Waals surface area contributed by atoms with Gasteiger partial charge >= 0.3 is 0 Å². The molecule has 1 heterocycles. The van der Waals surface area contributed by atoms with Crippen LogP contribution in [0.5, 0.6) is 0 Å². The van der Waals surface area contributed by atoms with Crippen molar-refractivity contribution in [3.8, 4) is 0 Å². The van der Waals surface area contributed by atoms with E-state index in [2.05, 4.69) is 5.32 Å². The van der Waals surface area contributed by atoms with Gasteiger partial charge in [0.15, 0.2) is 0 Å². The lowest BCUT2D eigenvalue weighted by molar-refractivity contribution is -0.129. The second kappa shape index (κ2) is 7.36. The van der Waals surface area contributed by atoms with Crippen LogP contribution in [0.2, 0.25) is 0 Å². The van der Waals surface area contributed by atoms with Crippen LogP contribution >= 0.6 is 12.4 Å². The van der Waals surface area contributed by atoms with Crippen molar-refractivity contribution in [1.29, 1.82) is 0 Å². The molecule has 2 rings (SSSR count). The van der Waals surface area contributed by atoms with E-state index in [1.54, 1.807) is 0 Å². The van der Waals surface area contributed by atoms with Gasteiger partial charge in [-0.05, 0) is 37.0 Å². The minimum Gasteiger partial charge on any atom is -0.368 e. The van der Waals surface area contributed by atoms with Gasteiger partial charge in [0, 0.05) is 18.8 Å². The fourth-order valence-corrected chi connectivity index (χ4v) is 1.89. The van der Waals surface area contributed by atoms with E-state index in [9.17, 15) is 4.79 Å². The Bertz CT molecular complexity index is 375. The molecule has 0 radical (unpaired) electrons. The number of hydrogen-bond donors (Lipinski definition) is 2. The standard InChI is InChI=1S/C13H18N2O2.ClH/c14-9-10-4-6-11(7-5-10)15-13(16)12-3-1-2-8-17-12;/h4-7,12H,1-3,8-9,14H2,(H,15,16);1H. The lowest BCUT2D eigenvalue weighted by atomic mass is 10.1. The molecule has 0 bridgehead atoms. The highest BCUT2D eigenvalue weighted by Crippen LogP contribution is 2.15. The van der Waals surface area contributed by atoms with E-state index in [1.165, 1.54) is 0 Å². The quantitative estimate of drug-likeness (QED) is 0.884. The van der Waals surface area contributed by atoms with Gasteiger partial charge < -0.3 is 15.8 Å². The van der Waals surface area contributed by atoms with Crippen molar-refractivity contribution < 1.29 is 9.53 Å². The molecule has 0 spiro atoms. The van der Waals surface area contributed by atoms with Crippen LogP contribution in [0.4, 0.5) is 5.69 Å². The van der Waals surface area contributed by atoms with E-state index in [0.717, 1.165) is 30.5 Å². The Hall–Kier alpha value is -1.10. The van der Waals surface area contributed by atoms with Crippen molar-refractivity contribution in [3.63, 3.8) is 0 Å². The van der Waals surface area contributed by atoms with Gasteiger partial charge in [0.1, 0.15) is 6.10 Å². The van der Waals surface area contributed by atoms with E-state index < -0.39 is 0 Å². The molecule has 1 unspecified atom stereocenters. The van der Waals surface area contributed by atoms with Gasteiger partial charge in [-0.25, -0.2) is 0 Å². The maximum Gasteiger partial charge on any atom is 0.253 e. The predicted molar refractivity (Wildman–Crippen MR) is 73.8 cm³/mol. The molecule has 1 aromatic carbocycles. The molecule has 0 aliphatic carbocycles. The van der Waals surface area contributed by atoms with Crippen LogP contribution in [0.3, 0.4) is 0 Å². The Morgan fingerprint density at radius 1 is 1.33 bits per heavy atom. The molecule has 1 atom stereocenters. The number of hydrogen-bond acceptors (Lipinski definition) is 3. The number of anilines is 1. The zero-order valence-electron chi connectivity index (χ0n) is 10.2. The average Bonchev–Trinajstić information content (AvgIpc) is 2.40. The number of carbonyl (C=O) groups is 1. The highest BCUT2D eigenvalue weighted by Gasteiger charge is 2.21. The summed E-state index contributed by atoms with van der Waals surface area (Å²) in [7, 11) is 0. The molecule has 5 heteroatoms. The van der Waals surface area contributed by atoms with Gasteiger partial charge in [-0.15, -0.1) is 12.4 Å². The van der Waals surface area contributed by atoms with Crippen LogP contribution in [0, 0.1) is 0 Å². The molecule has 1 amide bonds. The van der Waals surface area contributed by atoms with Crippen LogP contribution in [0.25, 0.3) is 0 Å². The van der Waals surface area contributed by atoms with E-state index >= 15 is 0 Å². The Morgan fingerprint density at radius 3 is 2.61 bits per heavy atom. The number of carbonyl (C=O) groups excluding carboxylic acids is 1. The number of nitrogens with one attached hydrogen (secondary N) is 1. The number of rotatable bonds is 3. The predicted octanol–water partition coefficient (Wildman–Crippen LogP) is 2.07. The summed E-state index contributed by atoms with van der Waals surface area (Å²) in [5, 5.41) is 2.86. The fourth-order valence-electron chi connectivity index (χ4n) is 1.89. The first-order valence-corrected chi connectivity index (χ1v) is 6.01. The highest BCUT2D eigenvalue weighted by molar-refractivity contribution is 5.94. The lowest BCUT2D eigenvalue weighted by Crippen LogP contribution is -2.33. The molecule has 1 aliphatic rings. The second-order valence-electron chi connectivity index (χ2n) is 4.25. The van der Waals surface area contributed by atoms with E-state index in [-0.39, 0.29) is 24.4 Å². The average molecular weight is 271 g/mol. The number of halogens is 1. The largest absolute Gasteiger partial charge is 0.368 e. The number of ether oxygens (including phenoxy) is 1. The zero-order chi connectivity index (χ0) is 12.1. The van der Waals surface area contributed by atoms with Crippen LogP contribution in [-0.2, 0) is 16.1 Å². The Labute approximate surface area is 113 Å². The van der Waals surface area contributed by atoms with E-state index in [1.807, 2.05) is 24.3 Å². The van der Waals surface area contributed by atoms with Gasteiger partial charge in [0.25, 0.3) is 5.91 Å². The first-order valence-electron chi connectivity index (χ1n) is 6.01. The minimum atomic E-state index is -0.294. The second-order valence-corrected chi connectivity index (χ2v) is 4.25. The summed E-state index contributed by atoms with van der Waals surface area (Å²) in [4.78, 5) is 11.9. The number of nitrogens with two attached hydrogens (primary N) is 1. The molecule has 100 valence electrons. The molecule has 1 saturated heterocycles. The highest BCUT2D eigenvalue weighted by atomic mass is 35.5. The number of benzene rings is 1. The first-order chi connectivity index (χ1) is 8.29. The normalized spacial score (nSPS) is 18.8. The van der Waals surface area contributed by atoms with Crippen LogP contribution in [0.15, 0.2) is 24.3 Å². The maximum absolute atomic E-state index is 11.9. The zero-order valence-corrected chi connectivity index (χ0v) is 11.0. The maximum atomic E-state index is 11.9. The summed E-state index contributed by atoms with van der Waals surface area (Å²) in [5.74, 6) is -0.0507. The molecule has 1 aromatic rings. The van der Waals surface area contributed by atoms with Crippen LogP contribution in [-0.4, -0.2) is 18.6 Å². The van der Waals surface area contributed by atoms with E-state index in [4.69, 9.17) is 10.5 Å². The molecular formula is C13H19ClN2O2. The summed E-state index contributed by atoms with van der Waals surface area (Å²) >= 11 is 0. The summed E-state index contributed by atoms with van der Waals surface area (Å²) in [5.41, 5.74) is 7.36. The van der Waals surface area contributed by atoms with Crippen molar-refractivity contribution in [2.45, 2.75) is 31.9 Å². The molecule has 1 aliphatic heterocycles. The first kappa shape index (κ1) is 15.0. The molecular weight excluding hydrogens is 252 g/mol. The smallest absolute Gasteiger partial charge is 0.253 e.